The van der Waals surface area contributed by atoms with Gasteiger partial charge in [-0.05, 0) is 6.07 Å². The molecule has 2 N–H and O–H groups in total. The van der Waals surface area contributed by atoms with E-state index in [2.05, 4.69) is 10.2 Å². The third-order valence-corrected chi connectivity index (χ3v) is 1.18. The number of nitrogens with zero attached hydrogens (tertiary/aromatic N) is 2. The van der Waals surface area contributed by atoms with Crippen molar-refractivity contribution in [1.29, 1.82) is 0 Å². The van der Waals surface area contributed by atoms with E-state index in [9.17, 15) is 0 Å². The molecule has 0 aromatic carbocycles. The first-order valence-electron chi connectivity index (χ1n) is 2.93. The number of methoxy groups -OCH3 is 1. The predicted molar refractivity (Wildman–Crippen MR) is 36.5 cm³/mol. The summed E-state index contributed by atoms with van der Waals surface area (Å²) in [6, 6.07) is 1.78. The van der Waals surface area contributed by atoms with Gasteiger partial charge >= 0.3 is 0 Å². The molecule has 10 heavy (non-hydrogen) atoms. The summed E-state index contributed by atoms with van der Waals surface area (Å²) >= 11 is 0. The smallest absolute Gasteiger partial charge is 0.237 e. The van der Waals surface area contributed by atoms with E-state index >= 15 is 0 Å². The molecule has 0 aliphatic heterocycles. The van der Waals surface area contributed by atoms with Gasteiger partial charge in [0.1, 0.15) is 0 Å². The number of rotatable bonds is 2. The van der Waals surface area contributed by atoms with Gasteiger partial charge in [-0.3, -0.25) is 0 Å². The van der Waals surface area contributed by atoms with E-state index < -0.39 is 0 Å². The Balaban J connectivity index is 2.96. The number of nitrogens with two attached hydrogens (primary N) is 1. The van der Waals surface area contributed by atoms with Crippen LogP contribution in [0.1, 0.15) is 5.56 Å². The predicted octanol–water partition coefficient (Wildman–Crippen LogP) is -0.0561. The monoisotopic (exact) mass is 139 g/mol. The van der Waals surface area contributed by atoms with Crippen LogP contribution in [0.2, 0.25) is 0 Å². The molecule has 0 radical (unpaired) electrons. The molecule has 1 heterocycles. The minimum atomic E-state index is 0.429. The first-order chi connectivity index (χ1) is 4.88. The SMILES string of the molecule is COc1nnccc1CN. The molecule has 0 fully saturated rings. The maximum absolute atomic E-state index is 5.38. The quantitative estimate of drug-likeness (QED) is 0.623. The Kier molecular flexibility index (Phi) is 2.17. The van der Waals surface area contributed by atoms with E-state index in [0.29, 0.717) is 12.4 Å². The second-order valence-corrected chi connectivity index (χ2v) is 1.77. The molecule has 0 aliphatic rings. The molecule has 0 amide bonds. The highest BCUT2D eigenvalue weighted by molar-refractivity contribution is 5.22. The number of aromatic nitrogens is 2. The van der Waals surface area contributed by atoms with Crippen molar-refractivity contribution in [2.75, 3.05) is 7.11 Å². The summed E-state index contributed by atoms with van der Waals surface area (Å²) in [5, 5.41) is 7.35. The van der Waals surface area contributed by atoms with Gasteiger partial charge in [-0.2, -0.15) is 5.10 Å². The second kappa shape index (κ2) is 3.12. The van der Waals surface area contributed by atoms with Crippen LogP contribution in [-0.2, 0) is 6.54 Å². The molecule has 0 saturated carbocycles. The Morgan fingerprint density at radius 3 is 3.00 bits per heavy atom. The lowest BCUT2D eigenvalue weighted by atomic mass is 10.3. The van der Waals surface area contributed by atoms with Crippen LogP contribution in [0.25, 0.3) is 0 Å². The van der Waals surface area contributed by atoms with Crippen molar-refractivity contribution in [3.8, 4) is 5.88 Å². The lowest BCUT2D eigenvalue weighted by molar-refractivity contribution is 0.386. The standard InChI is InChI=1S/C6H9N3O/c1-10-6-5(4-7)2-3-8-9-6/h2-3H,4,7H2,1H3. The Morgan fingerprint density at radius 1 is 1.70 bits per heavy atom. The molecular formula is C6H9N3O. The third kappa shape index (κ3) is 1.22. The van der Waals surface area contributed by atoms with Crippen LogP contribution >= 0.6 is 0 Å². The van der Waals surface area contributed by atoms with E-state index in [0.717, 1.165) is 5.56 Å². The maximum Gasteiger partial charge on any atom is 0.237 e. The van der Waals surface area contributed by atoms with Gasteiger partial charge in [0, 0.05) is 12.1 Å². The van der Waals surface area contributed by atoms with Crippen molar-refractivity contribution in [3.05, 3.63) is 17.8 Å². The average Bonchev–Trinajstić information content (AvgIpc) is 2.04. The van der Waals surface area contributed by atoms with Crippen LogP contribution in [0.5, 0.6) is 5.88 Å². The molecule has 1 rings (SSSR count). The molecule has 0 bridgehead atoms. The summed E-state index contributed by atoms with van der Waals surface area (Å²) in [5.74, 6) is 0.505. The van der Waals surface area contributed by atoms with E-state index in [-0.39, 0.29) is 0 Å². The molecule has 4 nitrogen and oxygen atoms in total. The van der Waals surface area contributed by atoms with Gasteiger partial charge in [0.15, 0.2) is 0 Å². The van der Waals surface area contributed by atoms with E-state index in [1.807, 2.05) is 0 Å². The molecule has 0 spiro atoms. The molecule has 1 aromatic rings. The zero-order valence-electron chi connectivity index (χ0n) is 5.74. The van der Waals surface area contributed by atoms with E-state index in [4.69, 9.17) is 10.5 Å². The van der Waals surface area contributed by atoms with Gasteiger partial charge in [0.25, 0.3) is 0 Å². The van der Waals surface area contributed by atoms with Gasteiger partial charge in [-0.15, -0.1) is 5.10 Å². The van der Waals surface area contributed by atoms with Gasteiger partial charge in [-0.1, -0.05) is 0 Å². The van der Waals surface area contributed by atoms with E-state index in [1.54, 1.807) is 19.4 Å². The average molecular weight is 139 g/mol. The highest BCUT2D eigenvalue weighted by atomic mass is 16.5. The highest BCUT2D eigenvalue weighted by Gasteiger charge is 1.99. The first-order valence-corrected chi connectivity index (χ1v) is 2.93. The molecule has 0 saturated heterocycles. The topological polar surface area (TPSA) is 61.0 Å². The summed E-state index contributed by atoms with van der Waals surface area (Å²) in [4.78, 5) is 0. The minimum absolute atomic E-state index is 0.429. The lowest BCUT2D eigenvalue weighted by Crippen LogP contribution is -2.01. The summed E-state index contributed by atoms with van der Waals surface area (Å²) in [7, 11) is 1.54. The Bertz CT molecular complexity index is 191. The third-order valence-electron chi connectivity index (χ3n) is 1.18. The molecule has 1 aromatic heterocycles. The maximum atomic E-state index is 5.38. The van der Waals surface area contributed by atoms with Gasteiger partial charge in [-0.25, -0.2) is 0 Å². The fraction of sp³-hybridized carbons (Fsp3) is 0.333. The van der Waals surface area contributed by atoms with Crippen LogP contribution in [0, 0.1) is 0 Å². The first kappa shape index (κ1) is 6.95. The van der Waals surface area contributed by atoms with Crippen molar-refractivity contribution in [1.82, 2.24) is 10.2 Å². The molecule has 4 heteroatoms. The van der Waals surface area contributed by atoms with Crippen molar-refractivity contribution >= 4 is 0 Å². The zero-order valence-corrected chi connectivity index (χ0v) is 5.74. The number of hydrogen-bond acceptors (Lipinski definition) is 4. The van der Waals surface area contributed by atoms with Gasteiger partial charge in [0.05, 0.1) is 13.3 Å². The number of hydrogen-bond donors (Lipinski definition) is 1. The zero-order chi connectivity index (χ0) is 7.40. The van der Waals surface area contributed by atoms with E-state index in [1.165, 1.54) is 0 Å². The molecule has 0 unspecified atom stereocenters. The molecule has 0 aliphatic carbocycles. The van der Waals surface area contributed by atoms with Crippen LogP contribution in [-0.4, -0.2) is 17.3 Å². The Hall–Kier alpha value is -1.16. The summed E-state index contributed by atoms with van der Waals surface area (Å²) in [5.41, 5.74) is 6.25. The summed E-state index contributed by atoms with van der Waals surface area (Å²) in [6.07, 6.45) is 1.59. The van der Waals surface area contributed by atoms with Crippen molar-refractivity contribution < 1.29 is 4.74 Å². The van der Waals surface area contributed by atoms with Crippen LogP contribution < -0.4 is 10.5 Å². The number of ether oxygens (including phenoxy) is 1. The summed E-state index contributed by atoms with van der Waals surface area (Å²) < 4.78 is 4.88. The van der Waals surface area contributed by atoms with Crippen LogP contribution in [0.4, 0.5) is 0 Å². The van der Waals surface area contributed by atoms with Crippen molar-refractivity contribution in [2.45, 2.75) is 6.54 Å². The molecule has 54 valence electrons. The summed E-state index contributed by atoms with van der Waals surface area (Å²) in [6.45, 7) is 0.429. The molecule has 0 atom stereocenters. The van der Waals surface area contributed by atoms with Crippen molar-refractivity contribution in [2.24, 2.45) is 5.73 Å². The second-order valence-electron chi connectivity index (χ2n) is 1.77. The fourth-order valence-corrected chi connectivity index (χ4v) is 0.672. The van der Waals surface area contributed by atoms with Gasteiger partial charge in [0.2, 0.25) is 5.88 Å². The lowest BCUT2D eigenvalue weighted by Gasteiger charge is -2.00. The Labute approximate surface area is 59.0 Å². The fourth-order valence-electron chi connectivity index (χ4n) is 0.672. The normalized spacial score (nSPS) is 9.40. The van der Waals surface area contributed by atoms with Crippen LogP contribution in [0.3, 0.4) is 0 Å². The van der Waals surface area contributed by atoms with Crippen molar-refractivity contribution in [3.63, 3.8) is 0 Å². The Morgan fingerprint density at radius 2 is 2.50 bits per heavy atom. The highest BCUT2D eigenvalue weighted by Crippen LogP contribution is 2.09. The minimum Gasteiger partial charge on any atom is -0.480 e. The van der Waals surface area contributed by atoms with Crippen LogP contribution in [0.15, 0.2) is 12.3 Å². The molecular weight excluding hydrogens is 130 g/mol. The van der Waals surface area contributed by atoms with Gasteiger partial charge < -0.3 is 10.5 Å². The largest absolute Gasteiger partial charge is 0.480 e.